The van der Waals surface area contributed by atoms with Crippen LogP contribution in [0, 0.1) is 17.8 Å². The molecule has 0 aromatic heterocycles. The third-order valence-electron chi connectivity index (χ3n) is 5.22. The third kappa shape index (κ3) is 4.61. The highest BCUT2D eigenvalue weighted by molar-refractivity contribution is 5.75. The molecule has 1 aliphatic heterocycles. The Labute approximate surface area is 127 Å². The van der Waals surface area contributed by atoms with Crippen molar-refractivity contribution in [3.63, 3.8) is 0 Å². The predicted octanol–water partition coefficient (Wildman–Crippen LogP) is 2.71. The van der Waals surface area contributed by atoms with Gasteiger partial charge in [-0.1, -0.05) is 26.2 Å². The van der Waals surface area contributed by atoms with E-state index in [1.807, 2.05) is 0 Å². The van der Waals surface area contributed by atoms with Gasteiger partial charge in [0.2, 0.25) is 0 Å². The average Bonchev–Trinajstić information content (AvgIpc) is 2.53. The van der Waals surface area contributed by atoms with Gasteiger partial charge in [0.15, 0.2) is 0 Å². The molecular formula is C16H28N2O3. The van der Waals surface area contributed by atoms with E-state index >= 15 is 0 Å². The van der Waals surface area contributed by atoms with Gasteiger partial charge in [0, 0.05) is 19.6 Å². The van der Waals surface area contributed by atoms with Crippen LogP contribution in [0.3, 0.4) is 0 Å². The first kappa shape index (κ1) is 16.1. The fourth-order valence-electron chi connectivity index (χ4n) is 3.52. The van der Waals surface area contributed by atoms with E-state index < -0.39 is 5.97 Å². The van der Waals surface area contributed by atoms with Crippen LogP contribution < -0.4 is 5.32 Å². The Morgan fingerprint density at radius 1 is 1.05 bits per heavy atom. The Morgan fingerprint density at radius 3 is 2.14 bits per heavy atom. The van der Waals surface area contributed by atoms with Crippen LogP contribution in [0.5, 0.6) is 0 Å². The highest BCUT2D eigenvalue weighted by Crippen LogP contribution is 2.30. The lowest BCUT2D eigenvalue weighted by Gasteiger charge is -2.32. The van der Waals surface area contributed by atoms with Gasteiger partial charge >= 0.3 is 12.0 Å². The van der Waals surface area contributed by atoms with Gasteiger partial charge in [-0.2, -0.15) is 0 Å². The molecular weight excluding hydrogens is 268 g/mol. The fraction of sp³-hybridized carbons (Fsp3) is 0.875. The first-order valence-corrected chi connectivity index (χ1v) is 8.35. The van der Waals surface area contributed by atoms with Crippen molar-refractivity contribution in [3.8, 4) is 0 Å². The SMILES string of the molecule is CCC1CCC(CNC(=O)N2CCC(C(=O)O)CC2)CC1. The lowest BCUT2D eigenvalue weighted by molar-refractivity contribution is -0.143. The first-order valence-electron chi connectivity index (χ1n) is 8.35. The summed E-state index contributed by atoms with van der Waals surface area (Å²) in [5.41, 5.74) is 0. The minimum absolute atomic E-state index is 0.0172. The normalized spacial score (nSPS) is 27.4. The Kier molecular flexibility index (Phi) is 5.88. The van der Waals surface area contributed by atoms with E-state index in [4.69, 9.17) is 5.11 Å². The van der Waals surface area contributed by atoms with Gasteiger partial charge in [-0.15, -0.1) is 0 Å². The highest BCUT2D eigenvalue weighted by atomic mass is 16.4. The summed E-state index contributed by atoms with van der Waals surface area (Å²) in [7, 11) is 0. The molecule has 0 atom stereocenters. The van der Waals surface area contributed by atoms with Gasteiger partial charge in [0.1, 0.15) is 0 Å². The molecule has 2 rings (SSSR count). The second kappa shape index (κ2) is 7.66. The molecule has 2 amide bonds. The van der Waals surface area contributed by atoms with Crippen LogP contribution >= 0.6 is 0 Å². The third-order valence-corrected chi connectivity index (χ3v) is 5.22. The summed E-state index contributed by atoms with van der Waals surface area (Å²) in [6.45, 7) is 4.15. The molecule has 0 unspecified atom stereocenters. The molecule has 0 bridgehead atoms. The van der Waals surface area contributed by atoms with E-state index in [1.54, 1.807) is 4.90 Å². The molecule has 2 aliphatic rings. The first-order chi connectivity index (χ1) is 10.1. The van der Waals surface area contributed by atoms with Crippen molar-refractivity contribution in [1.82, 2.24) is 10.2 Å². The summed E-state index contributed by atoms with van der Waals surface area (Å²) >= 11 is 0. The topological polar surface area (TPSA) is 69.6 Å². The van der Waals surface area contributed by atoms with Gasteiger partial charge in [-0.05, 0) is 37.5 Å². The van der Waals surface area contributed by atoms with Crippen molar-refractivity contribution in [3.05, 3.63) is 0 Å². The van der Waals surface area contributed by atoms with Crippen LogP contribution in [0.1, 0.15) is 51.9 Å². The Bertz CT molecular complexity index is 357. The molecule has 2 fully saturated rings. The fourth-order valence-corrected chi connectivity index (χ4v) is 3.52. The maximum atomic E-state index is 12.1. The second-order valence-electron chi connectivity index (χ2n) is 6.58. The van der Waals surface area contributed by atoms with Gasteiger partial charge in [0.25, 0.3) is 0 Å². The molecule has 5 nitrogen and oxygen atoms in total. The zero-order chi connectivity index (χ0) is 15.2. The predicted molar refractivity (Wildman–Crippen MR) is 81.1 cm³/mol. The van der Waals surface area contributed by atoms with Crippen molar-refractivity contribution in [2.24, 2.45) is 17.8 Å². The summed E-state index contributed by atoms with van der Waals surface area (Å²) in [6, 6.07) is -0.0172. The van der Waals surface area contributed by atoms with Crippen LogP contribution in [0.4, 0.5) is 4.79 Å². The second-order valence-corrected chi connectivity index (χ2v) is 6.58. The van der Waals surface area contributed by atoms with Crippen molar-refractivity contribution in [2.45, 2.75) is 51.9 Å². The minimum atomic E-state index is -0.734. The summed E-state index contributed by atoms with van der Waals surface area (Å²) in [5, 5.41) is 12.0. The Morgan fingerprint density at radius 2 is 1.62 bits per heavy atom. The van der Waals surface area contributed by atoms with Gasteiger partial charge in [0.05, 0.1) is 5.92 Å². The number of likely N-dealkylation sites (tertiary alicyclic amines) is 1. The summed E-state index contributed by atoms with van der Waals surface area (Å²) in [5.74, 6) is 0.487. The molecule has 0 spiro atoms. The standard InChI is InChI=1S/C16H28N2O3/c1-2-12-3-5-13(6-4-12)11-17-16(21)18-9-7-14(8-10-18)15(19)20/h12-14H,2-11H2,1H3,(H,17,21)(H,19,20). The lowest BCUT2D eigenvalue weighted by Crippen LogP contribution is -2.46. The van der Waals surface area contributed by atoms with Gasteiger partial charge in [-0.25, -0.2) is 4.79 Å². The summed E-state index contributed by atoms with van der Waals surface area (Å²) < 4.78 is 0. The van der Waals surface area contributed by atoms with Crippen LogP contribution in [-0.2, 0) is 4.79 Å². The van der Waals surface area contributed by atoms with E-state index in [1.165, 1.54) is 32.1 Å². The molecule has 0 radical (unpaired) electrons. The van der Waals surface area contributed by atoms with Crippen molar-refractivity contribution >= 4 is 12.0 Å². The van der Waals surface area contributed by atoms with Crippen LogP contribution in [0.25, 0.3) is 0 Å². The number of carbonyl (C=O) groups is 2. The quantitative estimate of drug-likeness (QED) is 0.838. The van der Waals surface area contributed by atoms with E-state index in [0.717, 1.165) is 12.5 Å². The van der Waals surface area contributed by atoms with E-state index in [0.29, 0.717) is 31.8 Å². The van der Waals surface area contributed by atoms with Crippen LogP contribution in [-0.4, -0.2) is 41.6 Å². The number of piperidine rings is 1. The number of carboxylic acids is 1. The molecule has 2 N–H and O–H groups in total. The Balaban J connectivity index is 1.65. The number of rotatable bonds is 4. The maximum Gasteiger partial charge on any atom is 0.317 e. The number of hydrogen-bond donors (Lipinski definition) is 2. The van der Waals surface area contributed by atoms with Crippen LogP contribution in [0.2, 0.25) is 0 Å². The number of urea groups is 1. The zero-order valence-corrected chi connectivity index (χ0v) is 13.0. The molecule has 21 heavy (non-hydrogen) atoms. The molecule has 5 heteroatoms. The lowest BCUT2D eigenvalue weighted by atomic mass is 9.81. The van der Waals surface area contributed by atoms with E-state index in [9.17, 15) is 9.59 Å². The number of hydrogen-bond acceptors (Lipinski definition) is 2. The average molecular weight is 296 g/mol. The molecule has 0 aromatic rings. The molecule has 1 saturated carbocycles. The maximum absolute atomic E-state index is 12.1. The van der Waals surface area contributed by atoms with Crippen molar-refractivity contribution < 1.29 is 14.7 Å². The van der Waals surface area contributed by atoms with Gasteiger partial charge in [-0.3, -0.25) is 4.79 Å². The molecule has 1 aliphatic carbocycles. The summed E-state index contributed by atoms with van der Waals surface area (Å²) in [6.07, 6.45) is 7.45. The number of amides is 2. The summed E-state index contributed by atoms with van der Waals surface area (Å²) in [4.78, 5) is 24.8. The van der Waals surface area contributed by atoms with E-state index in [-0.39, 0.29) is 11.9 Å². The number of carbonyl (C=O) groups excluding carboxylic acids is 1. The molecule has 120 valence electrons. The highest BCUT2D eigenvalue weighted by Gasteiger charge is 2.27. The number of nitrogens with one attached hydrogen (secondary N) is 1. The molecule has 0 aromatic carbocycles. The molecule has 1 saturated heterocycles. The largest absolute Gasteiger partial charge is 0.481 e. The Hall–Kier alpha value is -1.26. The minimum Gasteiger partial charge on any atom is -0.481 e. The van der Waals surface area contributed by atoms with Gasteiger partial charge < -0.3 is 15.3 Å². The monoisotopic (exact) mass is 296 g/mol. The number of aliphatic carboxylic acids is 1. The number of nitrogens with zero attached hydrogens (tertiary/aromatic N) is 1. The smallest absolute Gasteiger partial charge is 0.317 e. The molecule has 1 heterocycles. The van der Waals surface area contributed by atoms with Crippen LogP contribution in [0.15, 0.2) is 0 Å². The van der Waals surface area contributed by atoms with Crippen molar-refractivity contribution in [1.29, 1.82) is 0 Å². The van der Waals surface area contributed by atoms with E-state index in [2.05, 4.69) is 12.2 Å². The number of carboxylic acid groups (broad SMARTS) is 1. The van der Waals surface area contributed by atoms with Crippen molar-refractivity contribution in [2.75, 3.05) is 19.6 Å². The zero-order valence-electron chi connectivity index (χ0n) is 13.0.